The largest absolute Gasteiger partial charge is 0.481 e. The molecule has 2 N–H and O–H groups in total. The molecule has 0 aromatic heterocycles. The Morgan fingerprint density at radius 1 is 1.00 bits per heavy atom. The van der Waals surface area contributed by atoms with Crippen LogP contribution in [0.4, 0.5) is 9.18 Å². The molecule has 2 aliphatic heterocycles. The van der Waals surface area contributed by atoms with Crippen LogP contribution in [0.5, 0.6) is 0 Å². The zero-order valence-electron chi connectivity index (χ0n) is 26.8. The van der Waals surface area contributed by atoms with E-state index in [0.717, 1.165) is 5.56 Å². The second-order valence-electron chi connectivity index (χ2n) is 12.7. The lowest BCUT2D eigenvalue weighted by Crippen LogP contribution is -2.57. The number of rotatable bonds is 13. The van der Waals surface area contributed by atoms with Gasteiger partial charge >= 0.3 is 13.2 Å². The molecular formula is C33H45BFN3O7. The zero-order chi connectivity index (χ0) is 32.6. The van der Waals surface area contributed by atoms with Crippen molar-refractivity contribution in [2.45, 2.75) is 95.6 Å². The molecule has 4 rings (SSSR count). The van der Waals surface area contributed by atoms with Gasteiger partial charge < -0.3 is 34.3 Å². The number of nitrogens with one attached hydrogen (secondary N) is 2. The summed E-state index contributed by atoms with van der Waals surface area (Å²) in [5.74, 6) is -1.60. The highest BCUT2D eigenvalue weighted by molar-refractivity contribution is 6.48. The Labute approximate surface area is 265 Å². The average Bonchev–Trinajstić information content (AvgIpc) is 3.58. The van der Waals surface area contributed by atoms with Crippen LogP contribution in [-0.4, -0.2) is 79.4 Å². The number of ether oxygens (including phenoxy) is 2. The maximum absolute atomic E-state index is 14.0. The first-order valence-corrected chi connectivity index (χ1v) is 15.6. The summed E-state index contributed by atoms with van der Waals surface area (Å²) in [6.45, 7) is 8.71. The van der Waals surface area contributed by atoms with Crippen LogP contribution in [0.3, 0.4) is 0 Å². The first-order valence-electron chi connectivity index (χ1n) is 15.6. The van der Waals surface area contributed by atoms with Gasteiger partial charge in [0.05, 0.1) is 17.1 Å². The Hall–Kier alpha value is -3.48. The molecule has 2 fully saturated rings. The van der Waals surface area contributed by atoms with Gasteiger partial charge in [0.25, 0.3) is 0 Å². The fourth-order valence-corrected chi connectivity index (χ4v) is 5.52. The number of halogens is 1. The third-order valence-corrected chi connectivity index (χ3v) is 8.79. The van der Waals surface area contributed by atoms with Crippen molar-refractivity contribution in [1.29, 1.82) is 0 Å². The van der Waals surface area contributed by atoms with E-state index in [1.807, 2.05) is 58.0 Å². The Bertz CT molecular complexity index is 1280. The highest BCUT2D eigenvalue weighted by Crippen LogP contribution is 2.38. The molecule has 0 bridgehead atoms. The van der Waals surface area contributed by atoms with Crippen molar-refractivity contribution >= 4 is 25.0 Å². The number of alkyl carbamates (subject to hydrolysis) is 1. The van der Waals surface area contributed by atoms with Gasteiger partial charge in [0.15, 0.2) is 0 Å². The van der Waals surface area contributed by atoms with E-state index in [-0.39, 0.29) is 18.9 Å². The predicted molar refractivity (Wildman–Crippen MR) is 168 cm³/mol. The van der Waals surface area contributed by atoms with Gasteiger partial charge in [0.1, 0.15) is 24.5 Å². The fourth-order valence-electron chi connectivity index (χ4n) is 5.52. The van der Waals surface area contributed by atoms with E-state index in [1.165, 1.54) is 17.0 Å². The monoisotopic (exact) mass is 625 g/mol. The standard InChI is InChI=1S/C33H45BFN3O7/c1-32(2)33(3,4)45-34(44-32)28(14-10-20-42-5)37-29(39)27-13-9-19-38(27)30(40)26(21-23-15-17-25(35)18-16-23)36-31(41)43-22-24-11-7-6-8-12-24/h6-8,11-12,15-18,26-28H,9-10,13-14,19-22H2,1-5H3,(H,36,41)(H,37,39)/t26-,27+,28?/m1/s1. The van der Waals surface area contributed by atoms with Crippen LogP contribution in [-0.2, 0) is 41.4 Å². The van der Waals surface area contributed by atoms with Gasteiger partial charge in [-0.25, -0.2) is 9.18 Å². The molecular weight excluding hydrogens is 580 g/mol. The van der Waals surface area contributed by atoms with E-state index < -0.39 is 54.2 Å². The summed E-state index contributed by atoms with van der Waals surface area (Å²) in [4.78, 5) is 42.1. The van der Waals surface area contributed by atoms with E-state index in [1.54, 1.807) is 19.2 Å². The minimum absolute atomic E-state index is 0.0300. The molecule has 1 unspecified atom stereocenters. The van der Waals surface area contributed by atoms with Crippen molar-refractivity contribution in [3.8, 4) is 0 Å². The Kier molecular flexibility index (Phi) is 11.6. The van der Waals surface area contributed by atoms with Crippen LogP contribution in [0.1, 0.15) is 64.5 Å². The number of amides is 3. The van der Waals surface area contributed by atoms with Crippen molar-refractivity contribution < 1.29 is 37.6 Å². The Morgan fingerprint density at radius 2 is 1.67 bits per heavy atom. The van der Waals surface area contributed by atoms with Crippen molar-refractivity contribution in [2.24, 2.45) is 0 Å². The molecule has 45 heavy (non-hydrogen) atoms. The zero-order valence-corrected chi connectivity index (χ0v) is 26.8. The maximum atomic E-state index is 14.0. The van der Waals surface area contributed by atoms with Crippen molar-refractivity contribution in [3.63, 3.8) is 0 Å². The molecule has 2 aromatic rings. The van der Waals surface area contributed by atoms with Gasteiger partial charge in [-0.05, 0) is 76.6 Å². The molecule has 3 amide bonds. The lowest BCUT2D eigenvalue weighted by atomic mass is 9.75. The van der Waals surface area contributed by atoms with Crippen molar-refractivity contribution in [3.05, 3.63) is 71.5 Å². The fraction of sp³-hybridized carbons (Fsp3) is 0.545. The van der Waals surface area contributed by atoms with Gasteiger partial charge in [-0.3, -0.25) is 9.59 Å². The SMILES string of the molecule is COCCCC(NC(=O)[C@@H]1CCCN1C(=O)[C@@H](Cc1ccc(F)cc1)NC(=O)OCc1ccccc1)B1OC(C)(C)C(C)(C)O1. The third kappa shape index (κ3) is 9.05. The summed E-state index contributed by atoms with van der Waals surface area (Å²) >= 11 is 0. The molecule has 12 heteroatoms. The Balaban J connectivity index is 1.48. The van der Waals surface area contributed by atoms with Gasteiger partial charge in [-0.1, -0.05) is 42.5 Å². The lowest BCUT2D eigenvalue weighted by molar-refractivity contribution is -0.140. The minimum atomic E-state index is -1.03. The van der Waals surface area contributed by atoms with Crippen molar-refractivity contribution in [2.75, 3.05) is 20.3 Å². The highest BCUT2D eigenvalue weighted by Gasteiger charge is 2.54. The van der Waals surface area contributed by atoms with Crippen LogP contribution in [0, 0.1) is 5.82 Å². The summed E-state index contributed by atoms with van der Waals surface area (Å²) < 4.78 is 36.8. The van der Waals surface area contributed by atoms with Crippen LogP contribution >= 0.6 is 0 Å². The van der Waals surface area contributed by atoms with Crippen LogP contribution in [0.2, 0.25) is 0 Å². The van der Waals surface area contributed by atoms with Gasteiger partial charge in [-0.15, -0.1) is 0 Å². The smallest absolute Gasteiger partial charge is 0.445 e. The van der Waals surface area contributed by atoms with Crippen molar-refractivity contribution in [1.82, 2.24) is 15.5 Å². The lowest BCUT2D eigenvalue weighted by Gasteiger charge is -2.32. The molecule has 244 valence electrons. The van der Waals surface area contributed by atoms with E-state index >= 15 is 0 Å². The summed E-state index contributed by atoms with van der Waals surface area (Å²) in [7, 11) is 0.951. The maximum Gasteiger partial charge on any atom is 0.481 e. The second kappa shape index (κ2) is 15.2. The third-order valence-electron chi connectivity index (χ3n) is 8.79. The van der Waals surface area contributed by atoms with Crippen LogP contribution in [0.15, 0.2) is 54.6 Å². The number of hydrogen-bond acceptors (Lipinski definition) is 7. The van der Waals surface area contributed by atoms with E-state index in [2.05, 4.69) is 10.6 Å². The molecule has 10 nitrogen and oxygen atoms in total. The van der Waals surface area contributed by atoms with E-state index in [9.17, 15) is 18.8 Å². The average molecular weight is 626 g/mol. The van der Waals surface area contributed by atoms with Crippen LogP contribution < -0.4 is 10.6 Å². The molecule has 2 heterocycles. The first kappa shape index (κ1) is 34.4. The number of benzene rings is 2. The number of likely N-dealkylation sites (tertiary alicyclic amines) is 1. The minimum Gasteiger partial charge on any atom is -0.445 e. The molecule has 0 saturated carbocycles. The predicted octanol–water partition coefficient (Wildman–Crippen LogP) is 4.20. The summed E-state index contributed by atoms with van der Waals surface area (Å²) in [5.41, 5.74) is 0.293. The summed E-state index contributed by atoms with van der Waals surface area (Å²) in [5, 5.41) is 5.79. The normalized spacial score (nSPS) is 20.0. The summed E-state index contributed by atoms with van der Waals surface area (Å²) in [6.07, 6.45) is 1.65. The number of carbonyl (C=O) groups is 3. The molecule has 0 spiro atoms. The molecule has 2 aliphatic rings. The Morgan fingerprint density at radius 3 is 2.31 bits per heavy atom. The molecule has 2 aromatic carbocycles. The first-order chi connectivity index (χ1) is 21.4. The quantitative estimate of drug-likeness (QED) is 0.253. The van der Waals surface area contributed by atoms with Gasteiger partial charge in [-0.2, -0.15) is 0 Å². The van der Waals surface area contributed by atoms with E-state index in [4.69, 9.17) is 18.8 Å². The molecule has 3 atom stereocenters. The number of nitrogens with zero attached hydrogens (tertiary/aromatic N) is 1. The summed E-state index contributed by atoms with van der Waals surface area (Å²) in [6, 6.07) is 13.1. The molecule has 0 radical (unpaired) electrons. The number of hydrogen-bond donors (Lipinski definition) is 2. The number of carbonyl (C=O) groups excluding carboxylic acids is 3. The van der Waals surface area contributed by atoms with Crippen LogP contribution in [0.25, 0.3) is 0 Å². The number of methoxy groups -OCH3 is 1. The second-order valence-corrected chi connectivity index (χ2v) is 12.7. The van der Waals surface area contributed by atoms with Gasteiger partial charge in [0, 0.05) is 26.7 Å². The van der Waals surface area contributed by atoms with Gasteiger partial charge in [0.2, 0.25) is 11.8 Å². The molecule has 0 aliphatic carbocycles. The topological polar surface area (TPSA) is 115 Å². The molecule has 2 saturated heterocycles. The highest BCUT2D eigenvalue weighted by atomic mass is 19.1. The van der Waals surface area contributed by atoms with E-state index in [0.29, 0.717) is 44.4 Å².